The van der Waals surface area contributed by atoms with Gasteiger partial charge in [0.1, 0.15) is 0 Å². The van der Waals surface area contributed by atoms with Gasteiger partial charge in [0.2, 0.25) is 5.79 Å². The molecule has 0 aliphatic heterocycles. The summed E-state index contributed by atoms with van der Waals surface area (Å²) < 4.78 is 0. The van der Waals surface area contributed by atoms with Gasteiger partial charge in [0, 0.05) is 12.8 Å². The smallest absolute Gasteiger partial charge is 0.203 e. The second-order valence-corrected chi connectivity index (χ2v) is 11.1. The van der Waals surface area contributed by atoms with Crippen LogP contribution in [0.3, 0.4) is 0 Å². The lowest BCUT2D eigenvalue weighted by atomic mass is 9.60. The summed E-state index contributed by atoms with van der Waals surface area (Å²) in [6, 6.07) is 0. The summed E-state index contributed by atoms with van der Waals surface area (Å²) in [5.74, 6) is 1.68. The molecule has 3 nitrogen and oxygen atoms in total. The number of hydrogen-bond acceptors (Lipinski definition) is 3. The Hall–Kier alpha value is -0.900. The first-order valence-electron chi connectivity index (χ1n) is 12.3. The number of allylic oxidation sites excluding steroid dienone is 4. The third-order valence-electron chi connectivity index (χ3n) is 8.57. The molecule has 0 unspecified atom stereocenters. The average Bonchev–Trinajstić information content (AvgIpc) is 3.06. The molecule has 0 aromatic rings. The van der Waals surface area contributed by atoms with Gasteiger partial charge in [-0.3, -0.25) is 0 Å². The summed E-state index contributed by atoms with van der Waals surface area (Å²) >= 11 is 0. The van der Waals surface area contributed by atoms with E-state index in [1.807, 2.05) is 0 Å². The molecular weight excluding hydrogens is 372 g/mol. The van der Waals surface area contributed by atoms with Crippen LogP contribution in [0.1, 0.15) is 98.3 Å². The van der Waals surface area contributed by atoms with E-state index in [2.05, 4.69) is 51.3 Å². The topological polar surface area (TPSA) is 49.7 Å². The molecule has 0 heterocycles. The van der Waals surface area contributed by atoms with E-state index in [4.69, 9.17) is 5.26 Å². The van der Waals surface area contributed by atoms with E-state index < -0.39 is 5.79 Å². The first kappa shape index (κ1) is 23.8. The Labute approximate surface area is 184 Å². The second-order valence-electron chi connectivity index (χ2n) is 11.1. The first-order valence-corrected chi connectivity index (χ1v) is 12.3. The van der Waals surface area contributed by atoms with Crippen molar-refractivity contribution in [2.24, 2.45) is 29.1 Å². The molecule has 2 N–H and O–H groups in total. The molecule has 3 saturated carbocycles. The zero-order valence-electron chi connectivity index (χ0n) is 19.8. The van der Waals surface area contributed by atoms with Crippen molar-refractivity contribution in [2.45, 2.75) is 104 Å². The first-order chi connectivity index (χ1) is 14.2. The monoisotopic (exact) mass is 416 g/mol. The SMILES string of the molecule is C=C1CC[C@](O)(OO)C/C1=C/C=C1CCC[C@@]2(C)[C@@H]1CC[C@@H]2[C@H](C)CCCC(C)C. The minimum atomic E-state index is -1.46. The maximum Gasteiger partial charge on any atom is 0.203 e. The highest BCUT2D eigenvalue weighted by Gasteiger charge is 2.50. The van der Waals surface area contributed by atoms with Crippen LogP contribution in [-0.2, 0) is 4.89 Å². The molecule has 3 aliphatic carbocycles. The molecule has 3 aliphatic rings. The van der Waals surface area contributed by atoms with Crippen LogP contribution >= 0.6 is 0 Å². The fraction of sp³-hybridized carbons (Fsp3) is 0.778. The zero-order chi connectivity index (χ0) is 21.9. The average molecular weight is 417 g/mol. The van der Waals surface area contributed by atoms with Gasteiger partial charge in [-0.05, 0) is 73.2 Å². The summed E-state index contributed by atoms with van der Waals surface area (Å²) in [5.41, 5.74) is 4.07. The quantitative estimate of drug-likeness (QED) is 0.258. The molecular formula is C27H44O3. The largest absolute Gasteiger partial charge is 0.363 e. The minimum absolute atomic E-state index is 0.309. The predicted octanol–water partition coefficient (Wildman–Crippen LogP) is 7.44. The molecule has 170 valence electrons. The van der Waals surface area contributed by atoms with Gasteiger partial charge in [0.15, 0.2) is 0 Å². The molecule has 0 aromatic heterocycles. The summed E-state index contributed by atoms with van der Waals surface area (Å²) in [6.07, 6.45) is 16.4. The van der Waals surface area contributed by atoms with E-state index in [9.17, 15) is 5.11 Å². The van der Waals surface area contributed by atoms with E-state index >= 15 is 0 Å². The van der Waals surface area contributed by atoms with Crippen LogP contribution in [0.2, 0.25) is 0 Å². The van der Waals surface area contributed by atoms with Gasteiger partial charge in [0.05, 0.1) is 0 Å². The summed E-state index contributed by atoms with van der Waals surface area (Å²) in [6.45, 7) is 13.9. The molecule has 0 amide bonds. The summed E-state index contributed by atoms with van der Waals surface area (Å²) in [7, 11) is 0. The van der Waals surface area contributed by atoms with E-state index in [-0.39, 0.29) is 0 Å². The molecule has 3 rings (SSSR count). The Morgan fingerprint density at radius 3 is 2.60 bits per heavy atom. The number of aliphatic hydroxyl groups is 1. The predicted molar refractivity (Wildman–Crippen MR) is 124 cm³/mol. The van der Waals surface area contributed by atoms with E-state index in [1.165, 1.54) is 51.4 Å². The van der Waals surface area contributed by atoms with Crippen LogP contribution < -0.4 is 0 Å². The fourth-order valence-electron chi connectivity index (χ4n) is 6.74. The van der Waals surface area contributed by atoms with Crippen molar-refractivity contribution < 1.29 is 15.3 Å². The lowest BCUT2D eigenvalue weighted by Gasteiger charge is -2.44. The fourth-order valence-corrected chi connectivity index (χ4v) is 6.74. The van der Waals surface area contributed by atoms with Crippen LogP contribution in [0, 0.1) is 29.1 Å². The van der Waals surface area contributed by atoms with Crippen molar-refractivity contribution in [2.75, 3.05) is 0 Å². The van der Waals surface area contributed by atoms with Gasteiger partial charge in [-0.1, -0.05) is 76.8 Å². The van der Waals surface area contributed by atoms with Crippen molar-refractivity contribution >= 4 is 0 Å². The minimum Gasteiger partial charge on any atom is -0.363 e. The normalized spacial score (nSPS) is 38.4. The Morgan fingerprint density at radius 2 is 1.90 bits per heavy atom. The molecule has 0 spiro atoms. The Balaban J connectivity index is 1.72. The molecule has 0 radical (unpaired) electrons. The van der Waals surface area contributed by atoms with Crippen LogP contribution in [-0.4, -0.2) is 16.2 Å². The highest BCUT2D eigenvalue weighted by atomic mass is 17.1. The molecule has 3 heteroatoms. The lowest BCUT2D eigenvalue weighted by molar-refractivity contribution is -0.394. The second kappa shape index (κ2) is 9.71. The van der Waals surface area contributed by atoms with E-state index in [0.717, 1.165) is 28.9 Å². The number of fused-ring (bicyclic) bond motifs is 1. The Bertz CT molecular complexity index is 676. The third kappa shape index (κ3) is 5.11. The van der Waals surface area contributed by atoms with Crippen LogP contribution in [0.5, 0.6) is 0 Å². The van der Waals surface area contributed by atoms with Crippen LogP contribution in [0.25, 0.3) is 0 Å². The number of rotatable bonds is 7. The molecule has 0 saturated heterocycles. The summed E-state index contributed by atoms with van der Waals surface area (Å²) in [4.78, 5) is 4.37. The zero-order valence-corrected chi connectivity index (χ0v) is 19.8. The maximum atomic E-state index is 10.3. The molecule has 5 atom stereocenters. The van der Waals surface area contributed by atoms with Gasteiger partial charge in [-0.15, -0.1) is 0 Å². The van der Waals surface area contributed by atoms with Crippen LogP contribution in [0.15, 0.2) is 35.5 Å². The molecule has 0 bridgehead atoms. The Morgan fingerprint density at radius 1 is 1.13 bits per heavy atom. The molecule has 0 aromatic carbocycles. The third-order valence-corrected chi connectivity index (χ3v) is 8.57. The van der Waals surface area contributed by atoms with Gasteiger partial charge < -0.3 is 5.11 Å². The van der Waals surface area contributed by atoms with Crippen molar-refractivity contribution in [3.8, 4) is 0 Å². The van der Waals surface area contributed by atoms with Crippen molar-refractivity contribution in [1.82, 2.24) is 0 Å². The van der Waals surface area contributed by atoms with Crippen molar-refractivity contribution in [3.63, 3.8) is 0 Å². The van der Waals surface area contributed by atoms with Gasteiger partial charge in [0.25, 0.3) is 0 Å². The molecule has 30 heavy (non-hydrogen) atoms. The summed E-state index contributed by atoms with van der Waals surface area (Å²) in [5, 5.41) is 19.4. The Kier molecular flexibility index (Phi) is 7.69. The maximum absolute atomic E-state index is 10.3. The van der Waals surface area contributed by atoms with Gasteiger partial charge in [-0.2, -0.15) is 0 Å². The highest BCUT2D eigenvalue weighted by Crippen LogP contribution is 2.60. The van der Waals surface area contributed by atoms with E-state index in [0.29, 0.717) is 30.6 Å². The van der Waals surface area contributed by atoms with Gasteiger partial charge >= 0.3 is 0 Å². The molecule has 3 fully saturated rings. The lowest BCUT2D eigenvalue weighted by Crippen LogP contribution is -2.36. The van der Waals surface area contributed by atoms with Crippen molar-refractivity contribution in [3.05, 3.63) is 35.5 Å². The number of hydrogen-bond donors (Lipinski definition) is 2. The van der Waals surface area contributed by atoms with Gasteiger partial charge in [-0.25, -0.2) is 10.1 Å². The highest BCUT2D eigenvalue weighted by molar-refractivity contribution is 5.37. The van der Waals surface area contributed by atoms with E-state index in [1.54, 1.807) is 5.57 Å². The standard InChI is InChI=1S/C27H44O3/c1-19(2)8-6-9-21(4)24-13-14-25-22(10-7-16-26(24,25)5)11-12-23-18-27(28,30-29)17-15-20(23)3/h11-12,19,21,24-25,28-29H,3,6-10,13-18H2,1-2,4-5H3/b22-11?,23-12-/t21-,24-,25-,26-,27+/m1/s1. The van der Waals surface area contributed by atoms with Crippen LogP contribution in [0.4, 0.5) is 0 Å². The van der Waals surface area contributed by atoms with Crippen molar-refractivity contribution in [1.29, 1.82) is 0 Å².